The predicted octanol–water partition coefficient (Wildman–Crippen LogP) is 2.83. The third kappa shape index (κ3) is 3.68. The smallest absolute Gasteiger partial charge is 0.271 e. The van der Waals surface area contributed by atoms with Gasteiger partial charge in [0.25, 0.3) is 5.91 Å². The van der Waals surface area contributed by atoms with Crippen LogP contribution in [0.2, 0.25) is 0 Å². The predicted molar refractivity (Wildman–Crippen MR) is 116 cm³/mol. The van der Waals surface area contributed by atoms with Crippen LogP contribution in [0.5, 0.6) is 11.5 Å². The summed E-state index contributed by atoms with van der Waals surface area (Å²) < 4.78 is 9.74. The van der Waals surface area contributed by atoms with E-state index in [0.29, 0.717) is 23.7 Å². The Balaban J connectivity index is 1.24. The molecular weight excluding hydrogens is 416 g/mol. The standard InChI is InChI=1S/C21H18N6O3S/c1-30-18-7-6-13(8-17(18)28)10-26-11-14(24-25-26)9-22-20(29)15-12-27-16-4-2-3-5-19(16)31-21(27)23-15/h2-8,11-12,28H,9-10H2,1H3,(H,22,29). The fourth-order valence-electron chi connectivity index (χ4n) is 3.34. The first-order valence-electron chi connectivity index (χ1n) is 9.50. The fraction of sp³-hybridized carbons (Fsp3) is 0.143. The van der Waals surface area contributed by atoms with Crippen LogP contribution >= 0.6 is 11.3 Å². The zero-order valence-corrected chi connectivity index (χ0v) is 17.3. The Hall–Kier alpha value is -3.92. The summed E-state index contributed by atoms with van der Waals surface area (Å²) in [5, 5.41) is 20.9. The molecule has 1 amide bonds. The van der Waals surface area contributed by atoms with Crippen LogP contribution in [-0.2, 0) is 13.1 Å². The molecule has 0 aliphatic heterocycles. The van der Waals surface area contributed by atoms with E-state index in [2.05, 4.69) is 20.6 Å². The number of para-hydroxylation sites is 1. The molecule has 5 aromatic rings. The largest absolute Gasteiger partial charge is 0.504 e. The highest BCUT2D eigenvalue weighted by Gasteiger charge is 2.14. The lowest BCUT2D eigenvalue weighted by atomic mass is 10.2. The summed E-state index contributed by atoms with van der Waals surface area (Å²) in [4.78, 5) is 17.8. The van der Waals surface area contributed by atoms with Gasteiger partial charge in [-0.3, -0.25) is 9.20 Å². The second-order valence-electron chi connectivity index (χ2n) is 6.94. The fourth-order valence-corrected chi connectivity index (χ4v) is 4.34. The number of hydrogen-bond donors (Lipinski definition) is 2. The van der Waals surface area contributed by atoms with Crippen LogP contribution in [0.15, 0.2) is 54.9 Å². The molecule has 3 heterocycles. The summed E-state index contributed by atoms with van der Waals surface area (Å²) in [6.45, 7) is 0.668. The van der Waals surface area contributed by atoms with Crippen LogP contribution in [0.4, 0.5) is 0 Å². The van der Waals surface area contributed by atoms with Crippen molar-refractivity contribution in [1.82, 2.24) is 29.7 Å². The Bertz CT molecular complexity index is 1400. The lowest BCUT2D eigenvalue weighted by Crippen LogP contribution is -2.23. The number of benzene rings is 2. The molecule has 10 heteroatoms. The van der Waals surface area contributed by atoms with Gasteiger partial charge >= 0.3 is 0 Å². The highest BCUT2D eigenvalue weighted by atomic mass is 32.1. The maximum atomic E-state index is 12.5. The zero-order valence-electron chi connectivity index (χ0n) is 16.5. The van der Waals surface area contributed by atoms with Gasteiger partial charge in [-0.2, -0.15) is 0 Å². The number of amides is 1. The van der Waals surface area contributed by atoms with Crippen molar-refractivity contribution in [3.8, 4) is 11.5 Å². The highest BCUT2D eigenvalue weighted by molar-refractivity contribution is 7.23. The minimum atomic E-state index is -0.269. The molecule has 0 aliphatic rings. The number of thiazole rings is 1. The second-order valence-corrected chi connectivity index (χ2v) is 7.95. The molecule has 0 bridgehead atoms. The van der Waals surface area contributed by atoms with E-state index in [4.69, 9.17) is 4.74 Å². The number of nitrogens with one attached hydrogen (secondary N) is 1. The van der Waals surface area contributed by atoms with Crippen molar-refractivity contribution in [3.63, 3.8) is 0 Å². The zero-order chi connectivity index (χ0) is 21.4. The molecule has 9 nitrogen and oxygen atoms in total. The quantitative estimate of drug-likeness (QED) is 0.426. The van der Waals surface area contributed by atoms with E-state index in [1.165, 1.54) is 7.11 Å². The van der Waals surface area contributed by atoms with Crippen LogP contribution in [0.1, 0.15) is 21.7 Å². The molecule has 0 aliphatic carbocycles. The molecule has 31 heavy (non-hydrogen) atoms. The molecule has 0 radical (unpaired) electrons. The number of nitrogens with zero attached hydrogens (tertiary/aromatic N) is 5. The monoisotopic (exact) mass is 434 g/mol. The minimum absolute atomic E-state index is 0.0698. The Kier molecular flexibility index (Phi) is 4.75. The van der Waals surface area contributed by atoms with Gasteiger partial charge in [-0.05, 0) is 29.8 Å². The lowest BCUT2D eigenvalue weighted by Gasteiger charge is -2.06. The average Bonchev–Trinajstić information content (AvgIpc) is 3.47. The Morgan fingerprint density at radius 3 is 2.94 bits per heavy atom. The van der Waals surface area contributed by atoms with Gasteiger partial charge in [0.2, 0.25) is 0 Å². The van der Waals surface area contributed by atoms with Gasteiger partial charge < -0.3 is 15.2 Å². The van der Waals surface area contributed by atoms with Crippen molar-refractivity contribution in [2.24, 2.45) is 0 Å². The van der Waals surface area contributed by atoms with E-state index in [9.17, 15) is 9.90 Å². The number of phenolic OH excluding ortho intramolecular Hbond substituents is 1. The van der Waals surface area contributed by atoms with Gasteiger partial charge in [0.1, 0.15) is 11.4 Å². The molecule has 2 aromatic carbocycles. The third-order valence-electron chi connectivity index (χ3n) is 4.84. The lowest BCUT2D eigenvalue weighted by molar-refractivity contribution is 0.0946. The van der Waals surface area contributed by atoms with Crippen LogP contribution < -0.4 is 10.1 Å². The van der Waals surface area contributed by atoms with E-state index < -0.39 is 0 Å². The van der Waals surface area contributed by atoms with Gasteiger partial charge in [0.15, 0.2) is 16.5 Å². The number of fused-ring (bicyclic) bond motifs is 3. The van der Waals surface area contributed by atoms with Crippen molar-refractivity contribution < 1.29 is 14.6 Å². The van der Waals surface area contributed by atoms with Gasteiger partial charge in [-0.1, -0.05) is 34.7 Å². The van der Waals surface area contributed by atoms with Crippen molar-refractivity contribution in [2.45, 2.75) is 13.1 Å². The molecule has 0 unspecified atom stereocenters. The highest BCUT2D eigenvalue weighted by Crippen LogP contribution is 2.27. The van der Waals surface area contributed by atoms with Crippen LogP contribution in [0.25, 0.3) is 15.2 Å². The topological polar surface area (TPSA) is 107 Å². The normalized spacial score (nSPS) is 11.3. The number of phenols is 1. The molecule has 2 N–H and O–H groups in total. The maximum Gasteiger partial charge on any atom is 0.271 e. The molecule has 0 saturated heterocycles. The van der Waals surface area contributed by atoms with Crippen molar-refractivity contribution in [2.75, 3.05) is 7.11 Å². The molecule has 0 atom stereocenters. The second kappa shape index (κ2) is 7.73. The minimum Gasteiger partial charge on any atom is -0.504 e. The van der Waals surface area contributed by atoms with E-state index in [-0.39, 0.29) is 18.2 Å². The summed E-state index contributed by atoms with van der Waals surface area (Å²) in [5.41, 5.74) is 2.86. The molecule has 0 fully saturated rings. The first-order chi connectivity index (χ1) is 15.1. The molecule has 156 valence electrons. The molecule has 0 spiro atoms. The molecule has 0 saturated carbocycles. The summed E-state index contributed by atoms with van der Waals surface area (Å²) in [7, 11) is 1.50. The van der Waals surface area contributed by atoms with Gasteiger partial charge in [-0.25, -0.2) is 9.67 Å². The summed E-state index contributed by atoms with van der Waals surface area (Å²) >= 11 is 1.54. The van der Waals surface area contributed by atoms with E-state index in [1.807, 2.05) is 34.7 Å². The van der Waals surface area contributed by atoms with E-state index in [0.717, 1.165) is 20.7 Å². The van der Waals surface area contributed by atoms with Gasteiger partial charge in [-0.15, -0.1) is 5.10 Å². The summed E-state index contributed by atoms with van der Waals surface area (Å²) in [6.07, 6.45) is 3.50. The van der Waals surface area contributed by atoms with Crippen molar-refractivity contribution in [1.29, 1.82) is 0 Å². The van der Waals surface area contributed by atoms with Gasteiger partial charge in [0.05, 0.1) is 36.6 Å². The number of aromatic nitrogens is 5. The molecular formula is C21H18N6O3S. The summed E-state index contributed by atoms with van der Waals surface area (Å²) in [6, 6.07) is 13.1. The first kappa shape index (κ1) is 19.1. The number of aromatic hydroxyl groups is 1. The van der Waals surface area contributed by atoms with Crippen LogP contribution in [0, 0.1) is 0 Å². The number of methoxy groups -OCH3 is 1. The Morgan fingerprint density at radius 2 is 2.10 bits per heavy atom. The van der Waals surface area contributed by atoms with E-state index in [1.54, 1.807) is 40.5 Å². The number of rotatable bonds is 6. The molecule has 5 rings (SSSR count). The number of ether oxygens (including phenoxy) is 1. The number of carbonyl (C=O) groups excluding carboxylic acids is 1. The number of hydrogen-bond acceptors (Lipinski definition) is 7. The van der Waals surface area contributed by atoms with Crippen LogP contribution in [0.3, 0.4) is 0 Å². The summed E-state index contributed by atoms with van der Waals surface area (Å²) in [5.74, 6) is 0.216. The van der Waals surface area contributed by atoms with Crippen LogP contribution in [-0.4, -0.2) is 42.5 Å². The van der Waals surface area contributed by atoms with Gasteiger partial charge in [0, 0.05) is 6.20 Å². The SMILES string of the molecule is COc1ccc(Cn2cc(CNC(=O)c3cn4c(n3)sc3ccccc34)nn2)cc1O. The van der Waals surface area contributed by atoms with E-state index >= 15 is 0 Å². The number of carbonyl (C=O) groups is 1. The third-order valence-corrected chi connectivity index (χ3v) is 5.87. The Labute approximate surface area is 180 Å². The maximum absolute atomic E-state index is 12.5. The Morgan fingerprint density at radius 1 is 1.23 bits per heavy atom. The molecule has 3 aromatic heterocycles. The number of imidazole rings is 1. The van der Waals surface area contributed by atoms with Crippen molar-refractivity contribution in [3.05, 3.63) is 71.8 Å². The van der Waals surface area contributed by atoms with Crippen molar-refractivity contribution >= 4 is 32.4 Å². The first-order valence-corrected chi connectivity index (χ1v) is 10.3. The average molecular weight is 434 g/mol.